The normalized spacial score (nSPS) is 10.3. The van der Waals surface area contributed by atoms with Gasteiger partial charge < -0.3 is 4.74 Å². The summed E-state index contributed by atoms with van der Waals surface area (Å²) in [5.41, 5.74) is 1.11. The van der Waals surface area contributed by atoms with E-state index in [9.17, 15) is 9.59 Å². The number of benzene rings is 1. The van der Waals surface area contributed by atoms with Gasteiger partial charge in [0.2, 0.25) is 0 Å². The number of rotatable bonds is 3. The number of esters is 1. The topological polar surface area (TPSA) is 43.4 Å². The zero-order valence-electron chi connectivity index (χ0n) is 8.07. The van der Waals surface area contributed by atoms with E-state index in [4.69, 9.17) is 11.6 Å². The second-order valence-electron chi connectivity index (χ2n) is 2.76. The molecule has 0 spiro atoms. The van der Waals surface area contributed by atoms with Gasteiger partial charge in [0, 0.05) is 11.6 Å². The van der Waals surface area contributed by atoms with E-state index < -0.39 is 5.97 Å². The van der Waals surface area contributed by atoms with E-state index in [-0.39, 0.29) is 0 Å². The molecule has 0 aliphatic heterocycles. The standard InChI is InChI=1S/C11H9ClO3/c1-15-11(14)5-3-8-2-4-10(12)9(6-8)7-13/h2-7H,1H3. The first-order valence-electron chi connectivity index (χ1n) is 4.18. The van der Waals surface area contributed by atoms with Crippen molar-refractivity contribution in [1.29, 1.82) is 0 Å². The van der Waals surface area contributed by atoms with Crippen LogP contribution in [0.5, 0.6) is 0 Å². The highest BCUT2D eigenvalue weighted by Crippen LogP contribution is 2.16. The summed E-state index contributed by atoms with van der Waals surface area (Å²) in [6.07, 6.45) is 3.49. The third-order valence-corrected chi connectivity index (χ3v) is 2.10. The summed E-state index contributed by atoms with van der Waals surface area (Å²) in [6, 6.07) is 4.89. The Morgan fingerprint density at radius 3 is 2.80 bits per heavy atom. The Balaban J connectivity index is 2.92. The van der Waals surface area contributed by atoms with Crippen molar-refractivity contribution in [3.63, 3.8) is 0 Å². The summed E-state index contributed by atoms with van der Waals surface area (Å²) in [6.45, 7) is 0. The van der Waals surface area contributed by atoms with E-state index in [0.29, 0.717) is 22.4 Å². The molecule has 0 aromatic heterocycles. The van der Waals surface area contributed by atoms with E-state index in [1.54, 1.807) is 24.3 Å². The molecule has 0 N–H and O–H groups in total. The van der Waals surface area contributed by atoms with Crippen molar-refractivity contribution >= 4 is 29.9 Å². The average molecular weight is 225 g/mol. The average Bonchev–Trinajstić information content (AvgIpc) is 2.27. The fourth-order valence-electron chi connectivity index (χ4n) is 0.989. The highest BCUT2D eigenvalue weighted by molar-refractivity contribution is 6.33. The van der Waals surface area contributed by atoms with Crippen molar-refractivity contribution in [2.75, 3.05) is 7.11 Å². The maximum Gasteiger partial charge on any atom is 0.330 e. The molecule has 1 rings (SSSR count). The molecule has 0 atom stereocenters. The molecule has 0 saturated heterocycles. The predicted molar refractivity (Wildman–Crippen MR) is 57.9 cm³/mol. The molecule has 15 heavy (non-hydrogen) atoms. The van der Waals surface area contributed by atoms with Crippen LogP contribution in [0.15, 0.2) is 24.3 Å². The van der Waals surface area contributed by atoms with Crippen LogP contribution in [0.1, 0.15) is 15.9 Å². The van der Waals surface area contributed by atoms with Gasteiger partial charge in [0.25, 0.3) is 0 Å². The number of halogens is 1. The van der Waals surface area contributed by atoms with Gasteiger partial charge in [-0.15, -0.1) is 0 Å². The van der Waals surface area contributed by atoms with E-state index in [1.165, 1.54) is 13.2 Å². The molecule has 0 bridgehead atoms. The molecule has 0 aliphatic rings. The highest BCUT2D eigenvalue weighted by Gasteiger charge is 1.99. The van der Waals surface area contributed by atoms with Crippen LogP contribution in [-0.2, 0) is 9.53 Å². The predicted octanol–water partition coefficient (Wildman–Crippen LogP) is 2.34. The number of methoxy groups -OCH3 is 1. The van der Waals surface area contributed by atoms with Gasteiger partial charge in [0.05, 0.1) is 12.1 Å². The summed E-state index contributed by atoms with van der Waals surface area (Å²) in [5.74, 6) is -0.447. The summed E-state index contributed by atoms with van der Waals surface area (Å²) >= 11 is 5.74. The molecule has 0 aliphatic carbocycles. The van der Waals surface area contributed by atoms with Gasteiger partial charge in [-0.05, 0) is 23.8 Å². The summed E-state index contributed by atoms with van der Waals surface area (Å²) in [4.78, 5) is 21.4. The number of hydrogen-bond donors (Lipinski definition) is 0. The van der Waals surface area contributed by atoms with Gasteiger partial charge in [-0.1, -0.05) is 17.7 Å². The van der Waals surface area contributed by atoms with Crippen LogP contribution in [-0.4, -0.2) is 19.4 Å². The quantitative estimate of drug-likeness (QED) is 0.450. The molecule has 1 aromatic rings. The second kappa shape index (κ2) is 5.32. The molecule has 0 radical (unpaired) electrons. The SMILES string of the molecule is COC(=O)C=Cc1ccc(Cl)c(C=O)c1. The van der Waals surface area contributed by atoms with Crippen LogP contribution < -0.4 is 0 Å². The van der Waals surface area contributed by atoms with E-state index in [0.717, 1.165) is 0 Å². The molecule has 0 amide bonds. The number of hydrogen-bond acceptors (Lipinski definition) is 3. The number of carbonyl (C=O) groups excluding carboxylic acids is 2. The summed E-state index contributed by atoms with van der Waals surface area (Å²) in [7, 11) is 1.30. The lowest BCUT2D eigenvalue weighted by Gasteiger charge is -1.97. The first kappa shape index (κ1) is 11.5. The van der Waals surface area contributed by atoms with Crippen LogP contribution in [0, 0.1) is 0 Å². The van der Waals surface area contributed by atoms with Crippen LogP contribution in [0.25, 0.3) is 6.08 Å². The smallest absolute Gasteiger partial charge is 0.330 e. The van der Waals surface area contributed by atoms with Crippen LogP contribution in [0.2, 0.25) is 5.02 Å². The largest absolute Gasteiger partial charge is 0.466 e. The van der Waals surface area contributed by atoms with Gasteiger partial charge in [-0.2, -0.15) is 0 Å². The third-order valence-electron chi connectivity index (χ3n) is 1.76. The van der Waals surface area contributed by atoms with Gasteiger partial charge in [0.1, 0.15) is 0 Å². The molecule has 1 aromatic carbocycles. The second-order valence-corrected chi connectivity index (χ2v) is 3.16. The van der Waals surface area contributed by atoms with Gasteiger partial charge in [-0.25, -0.2) is 4.79 Å². The van der Waals surface area contributed by atoms with E-state index in [2.05, 4.69) is 4.74 Å². The van der Waals surface area contributed by atoms with Crippen LogP contribution in [0.3, 0.4) is 0 Å². The zero-order chi connectivity index (χ0) is 11.3. The van der Waals surface area contributed by atoms with Gasteiger partial charge >= 0.3 is 5.97 Å². The Kier molecular flexibility index (Phi) is 4.06. The lowest BCUT2D eigenvalue weighted by atomic mass is 10.1. The number of ether oxygens (including phenoxy) is 1. The maximum atomic E-state index is 10.8. The van der Waals surface area contributed by atoms with Crippen LogP contribution >= 0.6 is 11.6 Å². The Bertz CT molecular complexity index is 410. The summed E-state index contributed by atoms with van der Waals surface area (Å²) < 4.78 is 4.43. The molecule has 0 unspecified atom stereocenters. The highest BCUT2D eigenvalue weighted by atomic mass is 35.5. The fraction of sp³-hybridized carbons (Fsp3) is 0.0909. The van der Waals surface area contributed by atoms with Crippen molar-refractivity contribution < 1.29 is 14.3 Å². The molecule has 0 saturated carbocycles. The van der Waals surface area contributed by atoms with Crippen molar-refractivity contribution in [2.45, 2.75) is 0 Å². The van der Waals surface area contributed by atoms with Crippen molar-refractivity contribution in [3.05, 3.63) is 40.4 Å². The minimum Gasteiger partial charge on any atom is -0.466 e. The Morgan fingerprint density at radius 1 is 1.47 bits per heavy atom. The summed E-state index contributed by atoms with van der Waals surface area (Å²) in [5, 5.41) is 0.389. The number of aldehydes is 1. The minimum absolute atomic E-state index is 0.389. The first-order chi connectivity index (χ1) is 7.17. The van der Waals surface area contributed by atoms with Crippen molar-refractivity contribution in [1.82, 2.24) is 0 Å². The maximum absolute atomic E-state index is 10.8. The monoisotopic (exact) mass is 224 g/mol. The molecule has 3 nitrogen and oxygen atoms in total. The Morgan fingerprint density at radius 2 is 2.20 bits per heavy atom. The van der Waals surface area contributed by atoms with Crippen LogP contribution in [0.4, 0.5) is 0 Å². The van der Waals surface area contributed by atoms with Crippen molar-refractivity contribution in [2.24, 2.45) is 0 Å². The molecular formula is C11H9ClO3. The molecule has 78 valence electrons. The Labute approximate surface area is 92.3 Å². The Hall–Kier alpha value is -1.61. The number of carbonyl (C=O) groups is 2. The zero-order valence-corrected chi connectivity index (χ0v) is 8.82. The first-order valence-corrected chi connectivity index (χ1v) is 4.56. The third kappa shape index (κ3) is 3.22. The molecule has 0 heterocycles. The van der Waals surface area contributed by atoms with Gasteiger partial charge in [0.15, 0.2) is 6.29 Å². The minimum atomic E-state index is -0.447. The van der Waals surface area contributed by atoms with Crippen molar-refractivity contribution in [3.8, 4) is 0 Å². The lowest BCUT2D eigenvalue weighted by Crippen LogP contribution is -1.93. The lowest BCUT2D eigenvalue weighted by molar-refractivity contribution is -0.134. The molecular weight excluding hydrogens is 216 g/mol. The fourth-order valence-corrected chi connectivity index (χ4v) is 1.15. The van der Waals surface area contributed by atoms with E-state index in [1.807, 2.05) is 0 Å². The van der Waals surface area contributed by atoms with E-state index >= 15 is 0 Å². The molecule has 4 heteroatoms. The molecule has 0 fully saturated rings. The van der Waals surface area contributed by atoms with Gasteiger partial charge in [-0.3, -0.25) is 4.79 Å².